The molecule has 0 heterocycles. The van der Waals surface area contributed by atoms with Gasteiger partial charge >= 0.3 is 29.8 Å². The second kappa shape index (κ2) is 17.9. The number of benzene rings is 1. The number of hydrogen-bond acceptors (Lipinski definition) is 10. The molecule has 0 N–H and O–H groups in total. The van der Waals surface area contributed by atoms with Crippen LogP contribution in [0.2, 0.25) is 0 Å². The number of carbonyl (C=O) groups excluding carboxylic acids is 5. The molecule has 10 nitrogen and oxygen atoms in total. The minimum atomic E-state index is -0.673. The van der Waals surface area contributed by atoms with Gasteiger partial charge in [0.1, 0.15) is 24.5 Å². The fraction of sp³-hybridized carbons (Fsp3) is 0.545. The van der Waals surface area contributed by atoms with Crippen molar-refractivity contribution in [1.29, 1.82) is 0 Å². The van der Waals surface area contributed by atoms with E-state index in [0.29, 0.717) is 31.3 Å². The minimum Gasteiger partial charge on any atom is -0.465 e. The van der Waals surface area contributed by atoms with Gasteiger partial charge in [0.2, 0.25) is 0 Å². The van der Waals surface area contributed by atoms with E-state index in [-0.39, 0.29) is 54.9 Å². The summed E-state index contributed by atoms with van der Waals surface area (Å²) < 4.78 is 25.9. The van der Waals surface area contributed by atoms with Crippen LogP contribution in [0.3, 0.4) is 0 Å². The van der Waals surface area contributed by atoms with Crippen molar-refractivity contribution in [3.8, 4) is 5.75 Å². The highest BCUT2D eigenvalue weighted by Crippen LogP contribution is 2.42. The minimum absolute atomic E-state index is 0.0740. The van der Waals surface area contributed by atoms with E-state index in [4.69, 9.17) is 23.7 Å². The number of esters is 5. The van der Waals surface area contributed by atoms with Crippen molar-refractivity contribution < 1.29 is 47.7 Å². The van der Waals surface area contributed by atoms with Crippen LogP contribution in [0, 0.1) is 23.7 Å². The number of hydrogen-bond donors (Lipinski definition) is 0. The molecule has 1 aromatic carbocycles. The third kappa shape index (κ3) is 11.0. The van der Waals surface area contributed by atoms with Crippen molar-refractivity contribution in [3.05, 3.63) is 55.1 Å². The monoisotopic (exact) mass is 598 g/mol. The molecular formula is C33H42O10. The normalized spacial score (nSPS) is 21.5. The van der Waals surface area contributed by atoms with E-state index >= 15 is 0 Å². The highest BCUT2D eigenvalue weighted by molar-refractivity contribution is 5.93. The highest BCUT2D eigenvalue weighted by atomic mass is 16.6. The SMILES string of the molecule is C=CC(=O)OCCCCOC(=O)C1CCC(C2CCC(C(=O)Oc3ccccc3C(=O)OCCOC(=O)C=C)CC2)CC1. The van der Waals surface area contributed by atoms with Crippen LogP contribution in [0.25, 0.3) is 0 Å². The fourth-order valence-corrected chi connectivity index (χ4v) is 5.71. The molecule has 0 amide bonds. The Morgan fingerprint density at radius 2 is 1.12 bits per heavy atom. The Balaban J connectivity index is 1.35. The molecule has 0 spiro atoms. The van der Waals surface area contributed by atoms with Crippen LogP contribution in [0.15, 0.2) is 49.6 Å². The van der Waals surface area contributed by atoms with Gasteiger partial charge in [-0.3, -0.25) is 9.59 Å². The molecule has 0 aliphatic heterocycles. The fourth-order valence-electron chi connectivity index (χ4n) is 5.71. The average molecular weight is 599 g/mol. The maximum atomic E-state index is 13.0. The molecule has 0 unspecified atom stereocenters. The molecule has 2 saturated carbocycles. The van der Waals surface area contributed by atoms with Crippen molar-refractivity contribution in [2.75, 3.05) is 26.4 Å². The zero-order chi connectivity index (χ0) is 31.0. The van der Waals surface area contributed by atoms with Gasteiger partial charge in [0.15, 0.2) is 0 Å². The van der Waals surface area contributed by atoms with Crippen LogP contribution >= 0.6 is 0 Å². The molecular weight excluding hydrogens is 556 g/mol. The Morgan fingerprint density at radius 3 is 1.70 bits per heavy atom. The molecule has 0 bridgehead atoms. The zero-order valence-electron chi connectivity index (χ0n) is 24.7. The van der Waals surface area contributed by atoms with Crippen LogP contribution in [-0.4, -0.2) is 56.3 Å². The van der Waals surface area contributed by atoms with Crippen molar-refractivity contribution in [2.24, 2.45) is 23.7 Å². The van der Waals surface area contributed by atoms with Gasteiger partial charge in [0.05, 0.1) is 25.0 Å². The second-order valence-electron chi connectivity index (χ2n) is 10.9. The van der Waals surface area contributed by atoms with Crippen molar-refractivity contribution in [1.82, 2.24) is 0 Å². The summed E-state index contributed by atoms with van der Waals surface area (Å²) in [7, 11) is 0. The first-order valence-corrected chi connectivity index (χ1v) is 15.0. The maximum Gasteiger partial charge on any atom is 0.342 e. The van der Waals surface area contributed by atoms with E-state index in [9.17, 15) is 24.0 Å². The summed E-state index contributed by atoms with van der Waals surface area (Å²) in [4.78, 5) is 60.1. The van der Waals surface area contributed by atoms with Crippen molar-refractivity contribution in [2.45, 2.75) is 64.2 Å². The number of ether oxygens (including phenoxy) is 5. The summed E-state index contributed by atoms with van der Waals surface area (Å²) in [5.41, 5.74) is 0.129. The molecule has 43 heavy (non-hydrogen) atoms. The summed E-state index contributed by atoms with van der Waals surface area (Å²) in [6.45, 7) is 7.01. The maximum absolute atomic E-state index is 13.0. The van der Waals surface area contributed by atoms with E-state index < -0.39 is 17.9 Å². The van der Waals surface area contributed by atoms with Gasteiger partial charge in [-0.05, 0) is 88.2 Å². The first-order valence-electron chi connectivity index (χ1n) is 15.0. The van der Waals surface area contributed by atoms with Gasteiger partial charge in [-0.25, -0.2) is 14.4 Å². The first kappa shape index (κ1) is 33.6. The molecule has 10 heteroatoms. The summed E-state index contributed by atoms with van der Waals surface area (Å²) in [5, 5.41) is 0. The standard InChI is InChI=1S/C33H42O10/c1-3-29(34)39-19-7-8-20-41-31(36)25-15-11-23(12-16-25)24-13-17-26(18-14-24)32(37)43-28-10-6-5-9-27(28)33(38)42-22-21-40-30(35)4-2/h3-6,9-10,23-26H,1-2,7-8,11-22H2. The first-order chi connectivity index (χ1) is 20.8. The van der Waals surface area contributed by atoms with Crippen LogP contribution in [0.1, 0.15) is 74.6 Å². The number of para-hydroxylation sites is 1. The third-order valence-corrected chi connectivity index (χ3v) is 8.12. The van der Waals surface area contributed by atoms with E-state index in [1.54, 1.807) is 18.2 Å². The van der Waals surface area contributed by atoms with Crippen LogP contribution in [-0.2, 0) is 38.1 Å². The molecule has 0 saturated heterocycles. The Kier molecular flexibility index (Phi) is 14.0. The molecule has 3 rings (SSSR count). The van der Waals surface area contributed by atoms with E-state index in [1.165, 1.54) is 6.07 Å². The molecule has 0 radical (unpaired) electrons. The summed E-state index contributed by atoms with van der Waals surface area (Å²) in [6.07, 6.45) is 10.3. The van der Waals surface area contributed by atoms with E-state index in [0.717, 1.165) is 63.5 Å². The van der Waals surface area contributed by atoms with Crippen molar-refractivity contribution in [3.63, 3.8) is 0 Å². The Morgan fingerprint density at radius 1 is 0.628 bits per heavy atom. The smallest absolute Gasteiger partial charge is 0.342 e. The van der Waals surface area contributed by atoms with E-state index in [2.05, 4.69) is 13.2 Å². The highest BCUT2D eigenvalue weighted by Gasteiger charge is 2.35. The van der Waals surface area contributed by atoms with Gasteiger partial charge in [-0.2, -0.15) is 0 Å². The lowest BCUT2D eigenvalue weighted by Gasteiger charge is -2.36. The molecule has 0 atom stereocenters. The van der Waals surface area contributed by atoms with Gasteiger partial charge in [-0.15, -0.1) is 0 Å². The number of unbranched alkanes of at least 4 members (excludes halogenated alkanes) is 1. The van der Waals surface area contributed by atoms with Crippen LogP contribution in [0.5, 0.6) is 5.75 Å². The molecule has 1 aromatic rings. The lowest BCUT2D eigenvalue weighted by atomic mass is 9.69. The summed E-state index contributed by atoms with van der Waals surface area (Å²) in [6, 6.07) is 6.41. The van der Waals surface area contributed by atoms with Gasteiger partial charge in [-0.1, -0.05) is 25.3 Å². The molecule has 2 fully saturated rings. The molecule has 2 aliphatic carbocycles. The van der Waals surface area contributed by atoms with E-state index in [1.807, 2.05) is 0 Å². The van der Waals surface area contributed by atoms with Crippen LogP contribution in [0.4, 0.5) is 0 Å². The predicted molar refractivity (Wildman–Crippen MR) is 156 cm³/mol. The quantitative estimate of drug-likeness (QED) is 0.0879. The summed E-state index contributed by atoms with van der Waals surface area (Å²) >= 11 is 0. The second-order valence-corrected chi connectivity index (χ2v) is 10.9. The van der Waals surface area contributed by atoms with Gasteiger partial charge < -0.3 is 23.7 Å². The number of carbonyl (C=O) groups is 5. The Labute approximate surface area is 252 Å². The largest absolute Gasteiger partial charge is 0.465 e. The van der Waals surface area contributed by atoms with Gasteiger partial charge in [0.25, 0.3) is 0 Å². The van der Waals surface area contributed by atoms with Gasteiger partial charge in [0, 0.05) is 12.2 Å². The van der Waals surface area contributed by atoms with Crippen LogP contribution < -0.4 is 4.74 Å². The van der Waals surface area contributed by atoms with Crippen molar-refractivity contribution >= 4 is 29.8 Å². The molecule has 0 aromatic heterocycles. The lowest BCUT2D eigenvalue weighted by Crippen LogP contribution is -2.31. The molecule has 234 valence electrons. The average Bonchev–Trinajstić information content (AvgIpc) is 3.04. The zero-order valence-corrected chi connectivity index (χ0v) is 24.7. The topological polar surface area (TPSA) is 132 Å². The summed E-state index contributed by atoms with van der Waals surface area (Å²) in [5.74, 6) is -1.37. The third-order valence-electron chi connectivity index (χ3n) is 8.12. The predicted octanol–water partition coefficient (Wildman–Crippen LogP) is 5.14. The number of rotatable bonds is 15. The molecule has 2 aliphatic rings. The lowest BCUT2D eigenvalue weighted by molar-refractivity contribution is -0.151. The Bertz CT molecular complexity index is 1130. The Hall–Kier alpha value is -3.95.